The third-order valence-corrected chi connectivity index (χ3v) is 3.22. The van der Waals surface area contributed by atoms with Crippen molar-refractivity contribution in [1.82, 2.24) is 0 Å². The number of Topliss-reactive ketones (excluding diaryl/α,β-unsaturated/α-hetero) is 1. The van der Waals surface area contributed by atoms with Crippen LogP contribution in [-0.2, 0) is 9.59 Å². The van der Waals surface area contributed by atoms with E-state index < -0.39 is 0 Å². The van der Waals surface area contributed by atoms with Crippen molar-refractivity contribution in [1.29, 1.82) is 0 Å². The number of aryl methyl sites for hydroxylation is 1. The number of rotatable bonds is 1. The fourth-order valence-electron chi connectivity index (χ4n) is 1.55. The zero-order chi connectivity index (χ0) is 11.7. The maximum absolute atomic E-state index is 11.4. The van der Waals surface area contributed by atoms with Crippen LogP contribution in [0.15, 0.2) is 29.8 Å². The molecule has 0 bridgehead atoms. The molecule has 1 aromatic carbocycles. The molecule has 0 aromatic heterocycles. The fraction of sp³-hybridized carbons (Fsp3) is 0.167. The van der Waals surface area contributed by atoms with E-state index >= 15 is 0 Å². The van der Waals surface area contributed by atoms with Gasteiger partial charge in [-0.15, -0.1) is 0 Å². The lowest BCUT2D eigenvalue weighted by Crippen LogP contribution is -2.05. The minimum Gasteiger partial charge on any atom is -0.506 e. The highest BCUT2D eigenvalue weighted by molar-refractivity contribution is 8.15. The van der Waals surface area contributed by atoms with Gasteiger partial charge in [0, 0.05) is 5.56 Å². The van der Waals surface area contributed by atoms with Crippen LogP contribution in [0.4, 0.5) is 0 Å². The summed E-state index contributed by atoms with van der Waals surface area (Å²) in [6.07, 6.45) is 0. The molecule has 1 saturated heterocycles. The highest BCUT2D eigenvalue weighted by Crippen LogP contribution is 2.28. The van der Waals surface area contributed by atoms with E-state index in [0.717, 1.165) is 17.3 Å². The van der Waals surface area contributed by atoms with Crippen molar-refractivity contribution in [2.45, 2.75) is 6.92 Å². The van der Waals surface area contributed by atoms with Crippen molar-refractivity contribution >= 4 is 28.4 Å². The van der Waals surface area contributed by atoms with E-state index in [9.17, 15) is 14.7 Å². The summed E-state index contributed by atoms with van der Waals surface area (Å²) in [7, 11) is 0. The molecule has 1 fully saturated rings. The van der Waals surface area contributed by atoms with Crippen molar-refractivity contribution in [2.24, 2.45) is 0 Å². The second kappa shape index (κ2) is 4.14. The van der Waals surface area contributed by atoms with Crippen molar-refractivity contribution in [3.63, 3.8) is 0 Å². The first-order valence-electron chi connectivity index (χ1n) is 4.80. The Morgan fingerprint density at radius 3 is 2.69 bits per heavy atom. The van der Waals surface area contributed by atoms with Crippen LogP contribution < -0.4 is 0 Å². The van der Waals surface area contributed by atoms with Gasteiger partial charge in [0.05, 0.1) is 5.75 Å². The average Bonchev–Trinajstić information content (AvgIpc) is 2.58. The van der Waals surface area contributed by atoms with E-state index in [4.69, 9.17) is 0 Å². The maximum Gasteiger partial charge on any atom is 0.227 e. The van der Waals surface area contributed by atoms with Gasteiger partial charge in [-0.1, -0.05) is 35.5 Å². The summed E-state index contributed by atoms with van der Waals surface area (Å²) >= 11 is 0.934. The summed E-state index contributed by atoms with van der Waals surface area (Å²) in [5.41, 5.74) is 1.41. The van der Waals surface area contributed by atoms with Crippen LogP contribution in [0.5, 0.6) is 0 Å². The molecule has 2 rings (SSSR count). The van der Waals surface area contributed by atoms with Crippen LogP contribution in [0.3, 0.4) is 0 Å². The summed E-state index contributed by atoms with van der Waals surface area (Å²) in [6, 6.07) is 7.08. The van der Waals surface area contributed by atoms with Gasteiger partial charge in [0.15, 0.2) is 5.78 Å². The molecule has 1 heterocycles. The van der Waals surface area contributed by atoms with E-state index in [1.165, 1.54) is 0 Å². The number of thioether (sulfide) groups is 1. The van der Waals surface area contributed by atoms with Crippen LogP contribution >= 0.6 is 11.8 Å². The summed E-state index contributed by atoms with van der Waals surface area (Å²) in [6.45, 7) is 1.88. The van der Waals surface area contributed by atoms with Gasteiger partial charge in [-0.2, -0.15) is 0 Å². The molecule has 0 aliphatic carbocycles. The van der Waals surface area contributed by atoms with Crippen LogP contribution in [-0.4, -0.2) is 21.8 Å². The topological polar surface area (TPSA) is 54.4 Å². The molecule has 1 N–H and O–H groups in total. The van der Waals surface area contributed by atoms with Gasteiger partial charge in [0.25, 0.3) is 0 Å². The molecule has 82 valence electrons. The summed E-state index contributed by atoms with van der Waals surface area (Å²) in [4.78, 5) is 22.8. The highest BCUT2D eigenvalue weighted by atomic mass is 32.2. The van der Waals surface area contributed by atoms with E-state index in [1.807, 2.05) is 13.0 Å². The Morgan fingerprint density at radius 2 is 2.12 bits per heavy atom. The molecule has 0 saturated carbocycles. The monoisotopic (exact) mass is 234 g/mol. The molecule has 1 aliphatic heterocycles. The van der Waals surface area contributed by atoms with Crippen molar-refractivity contribution in [3.8, 4) is 0 Å². The summed E-state index contributed by atoms with van der Waals surface area (Å²) in [5.74, 6) is -0.373. The first-order valence-corrected chi connectivity index (χ1v) is 5.79. The zero-order valence-corrected chi connectivity index (χ0v) is 9.50. The molecule has 0 radical (unpaired) electrons. The molecule has 0 spiro atoms. The number of carbonyl (C=O) groups is 2. The van der Waals surface area contributed by atoms with Gasteiger partial charge in [0.1, 0.15) is 11.3 Å². The number of hydrogen-bond donors (Lipinski definition) is 1. The van der Waals surface area contributed by atoms with E-state index in [-0.39, 0.29) is 28.0 Å². The standard InChI is InChI=1S/C12H10O3S/c1-7-3-2-4-8(5-7)11(14)10-9(13)6-16-12(10)15/h2-5,14H,6H2,1H3. The van der Waals surface area contributed by atoms with Gasteiger partial charge in [0.2, 0.25) is 5.12 Å². The maximum atomic E-state index is 11.4. The normalized spacial score (nSPS) is 19.1. The van der Waals surface area contributed by atoms with E-state index in [0.29, 0.717) is 5.56 Å². The number of ketones is 1. The Bertz CT molecular complexity index is 485. The van der Waals surface area contributed by atoms with Crippen molar-refractivity contribution < 1.29 is 14.7 Å². The minimum absolute atomic E-state index is 0.0735. The van der Waals surface area contributed by atoms with Gasteiger partial charge in [-0.3, -0.25) is 9.59 Å². The number of hydrogen-bond acceptors (Lipinski definition) is 4. The quantitative estimate of drug-likeness (QED) is 0.459. The summed E-state index contributed by atoms with van der Waals surface area (Å²) in [5, 5.41) is 9.57. The Balaban J connectivity index is 2.52. The third-order valence-electron chi connectivity index (χ3n) is 2.35. The molecule has 1 aromatic rings. The third kappa shape index (κ3) is 1.88. The number of carbonyl (C=O) groups excluding carboxylic acids is 2. The molecule has 0 unspecified atom stereocenters. The number of aliphatic hydroxyl groups is 1. The predicted molar refractivity (Wildman–Crippen MR) is 63.2 cm³/mol. The van der Waals surface area contributed by atoms with Crippen LogP contribution in [0, 0.1) is 6.92 Å². The largest absolute Gasteiger partial charge is 0.506 e. The molecule has 1 aliphatic rings. The van der Waals surface area contributed by atoms with Gasteiger partial charge in [-0.25, -0.2) is 0 Å². The Labute approximate surface area is 97.2 Å². The first-order chi connectivity index (χ1) is 7.59. The zero-order valence-electron chi connectivity index (χ0n) is 8.69. The van der Waals surface area contributed by atoms with E-state index in [2.05, 4.69) is 0 Å². The predicted octanol–water partition coefficient (Wildman–Crippen LogP) is 2.11. The summed E-state index contributed by atoms with van der Waals surface area (Å²) < 4.78 is 0. The Hall–Kier alpha value is -1.55. The number of aliphatic hydroxyl groups excluding tert-OH is 1. The second-order valence-corrected chi connectivity index (χ2v) is 4.54. The van der Waals surface area contributed by atoms with Crippen molar-refractivity contribution in [3.05, 3.63) is 41.0 Å². The fourth-order valence-corrected chi connectivity index (χ4v) is 2.32. The molecule has 16 heavy (non-hydrogen) atoms. The molecule has 0 atom stereocenters. The molecule has 4 heteroatoms. The lowest BCUT2D eigenvalue weighted by molar-refractivity contribution is -0.115. The Kier molecular flexibility index (Phi) is 2.83. The smallest absolute Gasteiger partial charge is 0.227 e. The molecule has 0 amide bonds. The van der Waals surface area contributed by atoms with Gasteiger partial charge >= 0.3 is 0 Å². The second-order valence-electron chi connectivity index (χ2n) is 3.59. The highest BCUT2D eigenvalue weighted by Gasteiger charge is 2.31. The number of benzene rings is 1. The minimum atomic E-state index is -0.344. The SMILES string of the molecule is Cc1cccc(C(O)=C2C(=O)CSC2=O)c1. The first kappa shape index (κ1) is 11.0. The van der Waals surface area contributed by atoms with Gasteiger partial charge < -0.3 is 5.11 Å². The molecular formula is C12H10O3S. The van der Waals surface area contributed by atoms with E-state index in [1.54, 1.807) is 18.2 Å². The van der Waals surface area contributed by atoms with Crippen LogP contribution in [0.25, 0.3) is 5.76 Å². The van der Waals surface area contributed by atoms with Crippen LogP contribution in [0.2, 0.25) is 0 Å². The van der Waals surface area contributed by atoms with Gasteiger partial charge in [-0.05, 0) is 13.0 Å². The Morgan fingerprint density at radius 1 is 1.38 bits per heavy atom. The lowest BCUT2D eigenvalue weighted by Gasteiger charge is -2.03. The van der Waals surface area contributed by atoms with Crippen LogP contribution in [0.1, 0.15) is 11.1 Å². The lowest BCUT2D eigenvalue weighted by atomic mass is 10.0. The average molecular weight is 234 g/mol. The van der Waals surface area contributed by atoms with Crippen molar-refractivity contribution in [2.75, 3.05) is 5.75 Å². The molecular weight excluding hydrogens is 224 g/mol. The molecule has 3 nitrogen and oxygen atoms in total.